The van der Waals surface area contributed by atoms with Gasteiger partial charge in [-0.1, -0.05) is 12.1 Å². The first-order valence-electron chi connectivity index (χ1n) is 7.60. The van der Waals surface area contributed by atoms with E-state index in [4.69, 9.17) is 4.74 Å². The molecule has 0 N–H and O–H groups in total. The van der Waals surface area contributed by atoms with Crippen molar-refractivity contribution >= 4 is 11.8 Å². The third-order valence-corrected chi connectivity index (χ3v) is 3.57. The van der Waals surface area contributed by atoms with E-state index in [1.165, 1.54) is 36.7 Å². The van der Waals surface area contributed by atoms with Crippen molar-refractivity contribution in [2.75, 3.05) is 6.61 Å². The number of rotatable bonds is 6. The lowest BCUT2D eigenvalue weighted by molar-refractivity contribution is -0.146. The number of ketones is 1. The molecular formula is C18H16F3NO3. The molecule has 0 aliphatic carbocycles. The standard InChI is InChI=1S/C18H16F3NO3/c1-2-25-17(24)15(16(23)13-7-9-22-10-8-13)11-12-3-5-14(6-4-12)18(19,20)21/h3-10,15H,2,11H2,1H3. The number of pyridine rings is 1. The first kappa shape index (κ1) is 18.6. The van der Waals surface area contributed by atoms with Crippen LogP contribution in [0.4, 0.5) is 13.2 Å². The second-order valence-corrected chi connectivity index (χ2v) is 5.30. The molecule has 0 saturated carbocycles. The van der Waals surface area contributed by atoms with Gasteiger partial charge in [0.25, 0.3) is 0 Å². The minimum absolute atomic E-state index is 0.0435. The van der Waals surface area contributed by atoms with Crippen LogP contribution in [0.25, 0.3) is 0 Å². The number of hydrogen-bond acceptors (Lipinski definition) is 4. The summed E-state index contributed by atoms with van der Waals surface area (Å²) in [6, 6.07) is 7.31. The van der Waals surface area contributed by atoms with Crippen molar-refractivity contribution in [2.24, 2.45) is 5.92 Å². The highest BCUT2D eigenvalue weighted by Crippen LogP contribution is 2.29. The van der Waals surface area contributed by atoms with Gasteiger partial charge >= 0.3 is 12.1 Å². The van der Waals surface area contributed by atoms with Crippen LogP contribution in [0, 0.1) is 5.92 Å². The molecule has 0 radical (unpaired) electrons. The SMILES string of the molecule is CCOC(=O)C(Cc1ccc(C(F)(F)F)cc1)C(=O)c1ccncc1. The zero-order valence-corrected chi connectivity index (χ0v) is 13.4. The van der Waals surface area contributed by atoms with Gasteiger partial charge in [-0.3, -0.25) is 14.6 Å². The summed E-state index contributed by atoms with van der Waals surface area (Å²) in [5.74, 6) is -2.29. The number of hydrogen-bond donors (Lipinski definition) is 0. The number of aromatic nitrogens is 1. The number of alkyl halides is 3. The summed E-state index contributed by atoms with van der Waals surface area (Å²) in [5, 5.41) is 0. The Morgan fingerprint density at radius 2 is 1.68 bits per heavy atom. The van der Waals surface area contributed by atoms with E-state index in [1.807, 2.05) is 0 Å². The number of nitrogens with zero attached hydrogens (tertiary/aromatic N) is 1. The maximum Gasteiger partial charge on any atom is 0.416 e. The van der Waals surface area contributed by atoms with E-state index < -0.39 is 29.4 Å². The Balaban J connectivity index is 2.24. The normalized spacial score (nSPS) is 12.5. The Kier molecular flexibility index (Phi) is 5.90. The van der Waals surface area contributed by atoms with Gasteiger partial charge in [0, 0.05) is 18.0 Å². The molecule has 2 rings (SSSR count). The molecule has 0 fully saturated rings. The lowest BCUT2D eigenvalue weighted by Crippen LogP contribution is -2.28. The van der Waals surface area contributed by atoms with E-state index >= 15 is 0 Å². The van der Waals surface area contributed by atoms with Crippen LogP contribution in [0.3, 0.4) is 0 Å². The average molecular weight is 351 g/mol. The van der Waals surface area contributed by atoms with E-state index in [0.29, 0.717) is 11.1 Å². The van der Waals surface area contributed by atoms with Crippen LogP contribution in [0.15, 0.2) is 48.8 Å². The van der Waals surface area contributed by atoms with Crippen LogP contribution in [0.1, 0.15) is 28.4 Å². The Morgan fingerprint density at radius 1 is 1.08 bits per heavy atom. The fourth-order valence-corrected chi connectivity index (χ4v) is 2.31. The summed E-state index contributed by atoms with van der Waals surface area (Å²) in [5.41, 5.74) is -0.0576. The lowest BCUT2D eigenvalue weighted by Gasteiger charge is -2.15. The summed E-state index contributed by atoms with van der Waals surface area (Å²) in [6.07, 6.45) is -1.63. The fraction of sp³-hybridized carbons (Fsp3) is 0.278. The van der Waals surface area contributed by atoms with E-state index in [-0.39, 0.29) is 13.0 Å². The van der Waals surface area contributed by atoms with Crippen molar-refractivity contribution in [1.29, 1.82) is 0 Å². The molecule has 1 atom stereocenters. The van der Waals surface area contributed by atoms with Gasteiger partial charge in [-0.15, -0.1) is 0 Å². The lowest BCUT2D eigenvalue weighted by atomic mass is 9.91. The predicted molar refractivity (Wildman–Crippen MR) is 83.8 cm³/mol. The Hall–Kier alpha value is -2.70. The molecule has 1 aromatic carbocycles. The van der Waals surface area contributed by atoms with Crippen molar-refractivity contribution in [3.05, 3.63) is 65.5 Å². The molecule has 4 nitrogen and oxygen atoms in total. The number of ether oxygens (including phenoxy) is 1. The first-order valence-corrected chi connectivity index (χ1v) is 7.60. The van der Waals surface area contributed by atoms with Crippen LogP contribution in [0.2, 0.25) is 0 Å². The summed E-state index contributed by atoms with van der Waals surface area (Å²) < 4.78 is 42.8. The minimum atomic E-state index is -4.44. The molecule has 1 unspecified atom stereocenters. The summed E-state index contributed by atoms with van der Waals surface area (Å²) in [6.45, 7) is 1.72. The number of carbonyl (C=O) groups excluding carboxylic acids is 2. The average Bonchev–Trinajstić information content (AvgIpc) is 2.59. The number of carbonyl (C=O) groups is 2. The molecular weight excluding hydrogens is 335 g/mol. The predicted octanol–water partition coefficient (Wildman–Crippen LogP) is 3.71. The molecule has 0 spiro atoms. The van der Waals surface area contributed by atoms with Crippen LogP contribution >= 0.6 is 0 Å². The Labute approximate surface area is 142 Å². The Morgan fingerprint density at radius 3 is 2.20 bits per heavy atom. The van der Waals surface area contributed by atoms with Crippen molar-refractivity contribution in [3.63, 3.8) is 0 Å². The van der Waals surface area contributed by atoms with E-state index in [2.05, 4.69) is 4.98 Å². The highest BCUT2D eigenvalue weighted by atomic mass is 19.4. The van der Waals surface area contributed by atoms with Gasteiger partial charge in [-0.05, 0) is 43.2 Å². The molecule has 0 bridgehead atoms. The van der Waals surface area contributed by atoms with Gasteiger partial charge in [-0.2, -0.15) is 13.2 Å². The highest BCUT2D eigenvalue weighted by Gasteiger charge is 2.31. The number of benzene rings is 1. The summed E-state index contributed by atoms with van der Waals surface area (Å²) >= 11 is 0. The van der Waals surface area contributed by atoms with Gasteiger partial charge in [-0.25, -0.2) is 0 Å². The van der Waals surface area contributed by atoms with Crippen molar-refractivity contribution in [1.82, 2.24) is 4.98 Å². The van der Waals surface area contributed by atoms with Gasteiger partial charge in [0.05, 0.1) is 12.2 Å². The smallest absolute Gasteiger partial charge is 0.416 e. The van der Waals surface area contributed by atoms with Crippen LogP contribution in [-0.4, -0.2) is 23.3 Å². The molecule has 132 valence electrons. The number of Topliss-reactive ketones (excluding diaryl/α,β-unsaturated/α-hetero) is 1. The second kappa shape index (κ2) is 7.92. The van der Waals surface area contributed by atoms with Crippen LogP contribution in [0.5, 0.6) is 0 Å². The van der Waals surface area contributed by atoms with Crippen LogP contribution in [-0.2, 0) is 22.1 Å². The molecule has 25 heavy (non-hydrogen) atoms. The molecule has 0 aliphatic heterocycles. The van der Waals surface area contributed by atoms with Gasteiger partial charge in [0.2, 0.25) is 0 Å². The molecule has 0 saturated heterocycles. The van der Waals surface area contributed by atoms with Crippen molar-refractivity contribution in [3.8, 4) is 0 Å². The second-order valence-electron chi connectivity index (χ2n) is 5.30. The summed E-state index contributed by atoms with van der Waals surface area (Å²) in [4.78, 5) is 28.5. The van der Waals surface area contributed by atoms with E-state index in [1.54, 1.807) is 6.92 Å². The third-order valence-electron chi connectivity index (χ3n) is 3.57. The largest absolute Gasteiger partial charge is 0.465 e. The molecule has 0 aliphatic rings. The minimum Gasteiger partial charge on any atom is -0.465 e. The molecule has 2 aromatic rings. The monoisotopic (exact) mass is 351 g/mol. The first-order chi connectivity index (χ1) is 11.8. The zero-order valence-electron chi connectivity index (χ0n) is 13.4. The van der Waals surface area contributed by atoms with Gasteiger partial charge in [0.15, 0.2) is 5.78 Å². The number of esters is 1. The quantitative estimate of drug-likeness (QED) is 0.452. The maximum absolute atomic E-state index is 12.6. The van der Waals surface area contributed by atoms with E-state index in [0.717, 1.165) is 12.1 Å². The molecule has 1 heterocycles. The zero-order chi connectivity index (χ0) is 18.4. The van der Waals surface area contributed by atoms with Gasteiger partial charge < -0.3 is 4.74 Å². The maximum atomic E-state index is 12.6. The number of halogens is 3. The molecule has 0 amide bonds. The third kappa shape index (κ3) is 4.89. The molecule has 1 aromatic heterocycles. The topological polar surface area (TPSA) is 56.3 Å². The fourth-order valence-electron chi connectivity index (χ4n) is 2.31. The molecule has 7 heteroatoms. The van der Waals surface area contributed by atoms with Gasteiger partial charge in [0.1, 0.15) is 5.92 Å². The highest BCUT2D eigenvalue weighted by molar-refractivity contribution is 6.08. The van der Waals surface area contributed by atoms with E-state index in [9.17, 15) is 22.8 Å². The van der Waals surface area contributed by atoms with Crippen molar-refractivity contribution < 1.29 is 27.5 Å². The van der Waals surface area contributed by atoms with Crippen molar-refractivity contribution in [2.45, 2.75) is 19.5 Å². The summed E-state index contributed by atoms with van der Waals surface area (Å²) in [7, 11) is 0. The van der Waals surface area contributed by atoms with Crippen LogP contribution < -0.4 is 0 Å². The Bertz CT molecular complexity index is 727.